The molecule has 0 aromatic heterocycles. The van der Waals surface area contributed by atoms with Crippen LogP contribution in [0.2, 0.25) is 0 Å². The normalized spacial score (nSPS) is 32.3. The van der Waals surface area contributed by atoms with Gasteiger partial charge in [0.05, 0.1) is 6.61 Å². The summed E-state index contributed by atoms with van der Waals surface area (Å²) in [7, 11) is 0. The third kappa shape index (κ3) is 15.6. The molecule has 26 heteroatoms. The molecule has 3 rings (SSSR count). The summed E-state index contributed by atoms with van der Waals surface area (Å²) in [4.78, 5) is 123. The molecule has 0 amide bonds. The van der Waals surface area contributed by atoms with Crippen LogP contribution in [0.15, 0.2) is 0 Å². The third-order valence-electron chi connectivity index (χ3n) is 8.83. The van der Waals surface area contributed by atoms with E-state index in [0.29, 0.717) is 0 Å². The number of rotatable bonds is 17. The Hall–Kier alpha value is -5.54. The number of esters is 10. The standard InChI is InChI=1S/C38H52O26/c1-14(39)50-11-25-27(53-16(3)41)31(56-19(6)44)34(59-22(9)47)37(62-25)52-13-24-29(30(55-18(5)43)33(36(49)61-24)58-21(8)46)64-38-35(60-23(10)48)32(57-20(7)45)28(54-17(4)42)26(63-38)12-51-15(2)40/h24-38,49H,11-13H2,1-10H3/t24-,25-,26-,27-,28-,29-,30+,31+,32+,33-,34-,35-,36+,37-,38+/m1/s1. The first-order valence-corrected chi connectivity index (χ1v) is 19.4. The first-order chi connectivity index (χ1) is 29.9. The van der Waals surface area contributed by atoms with Crippen molar-refractivity contribution in [3.8, 4) is 0 Å². The molecular weight excluding hydrogens is 872 g/mol. The lowest BCUT2D eigenvalue weighted by Crippen LogP contribution is -2.67. The summed E-state index contributed by atoms with van der Waals surface area (Å²) in [6.07, 6.45) is -26.6. The molecule has 3 heterocycles. The van der Waals surface area contributed by atoms with Crippen molar-refractivity contribution in [3.05, 3.63) is 0 Å². The Bertz CT molecular complexity index is 1730. The monoisotopic (exact) mass is 924 g/mol. The Morgan fingerprint density at radius 3 is 1.02 bits per heavy atom. The lowest BCUT2D eigenvalue weighted by Gasteiger charge is -2.48. The highest BCUT2D eigenvalue weighted by Gasteiger charge is 2.58. The van der Waals surface area contributed by atoms with Crippen LogP contribution in [-0.2, 0) is 119 Å². The second-order valence-electron chi connectivity index (χ2n) is 14.3. The molecule has 0 aromatic carbocycles. The summed E-state index contributed by atoms with van der Waals surface area (Å²) in [5.74, 6) is -9.48. The zero-order valence-electron chi connectivity index (χ0n) is 36.4. The fraction of sp³-hybridized carbons (Fsp3) is 0.737. The van der Waals surface area contributed by atoms with Crippen molar-refractivity contribution in [2.75, 3.05) is 19.8 Å². The summed E-state index contributed by atoms with van der Waals surface area (Å²) in [6, 6.07) is 0. The fourth-order valence-electron chi connectivity index (χ4n) is 6.80. The summed E-state index contributed by atoms with van der Waals surface area (Å²) >= 11 is 0. The van der Waals surface area contributed by atoms with E-state index in [0.717, 1.165) is 69.2 Å². The predicted molar refractivity (Wildman–Crippen MR) is 197 cm³/mol. The highest BCUT2D eigenvalue weighted by Crippen LogP contribution is 2.36. The number of aliphatic hydroxyl groups excluding tert-OH is 1. The van der Waals surface area contributed by atoms with Gasteiger partial charge in [-0.3, -0.25) is 47.9 Å². The maximum Gasteiger partial charge on any atom is 0.303 e. The highest BCUT2D eigenvalue weighted by molar-refractivity contribution is 5.70. The van der Waals surface area contributed by atoms with Gasteiger partial charge in [0.25, 0.3) is 0 Å². The van der Waals surface area contributed by atoms with Gasteiger partial charge in [0.15, 0.2) is 67.7 Å². The molecule has 1 N–H and O–H groups in total. The van der Waals surface area contributed by atoms with Crippen LogP contribution in [0, 0.1) is 0 Å². The molecule has 26 nitrogen and oxygen atoms in total. The van der Waals surface area contributed by atoms with Crippen LogP contribution in [0.3, 0.4) is 0 Å². The van der Waals surface area contributed by atoms with Gasteiger partial charge in [-0.15, -0.1) is 0 Å². The Morgan fingerprint density at radius 2 is 0.641 bits per heavy atom. The summed E-state index contributed by atoms with van der Waals surface area (Å²) in [6.45, 7) is 7.71. The smallest absolute Gasteiger partial charge is 0.303 e. The summed E-state index contributed by atoms with van der Waals surface area (Å²) in [5, 5.41) is 11.2. The number of ether oxygens (including phenoxy) is 15. The number of carbonyl (C=O) groups excluding carboxylic acids is 10. The number of carbonyl (C=O) groups is 10. The second kappa shape index (κ2) is 23.9. The van der Waals surface area contributed by atoms with E-state index in [1.807, 2.05) is 0 Å². The van der Waals surface area contributed by atoms with Gasteiger partial charge in [-0.1, -0.05) is 0 Å². The van der Waals surface area contributed by atoms with Crippen LogP contribution < -0.4 is 0 Å². The van der Waals surface area contributed by atoms with E-state index in [9.17, 15) is 53.1 Å². The van der Waals surface area contributed by atoms with Gasteiger partial charge in [-0.25, -0.2) is 0 Å². The first kappa shape index (κ1) is 52.8. The van der Waals surface area contributed by atoms with E-state index < -0.39 is 172 Å². The predicted octanol–water partition coefficient (Wildman–Crippen LogP) is -1.86. The van der Waals surface area contributed by atoms with E-state index in [4.69, 9.17) is 71.1 Å². The molecule has 15 atom stereocenters. The molecule has 0 aliphatic carbocycles. The minimum atomic E-state index is -2.13. The number of aliphatic hydroxyl groups is 1. The maximum atomic E-state index is 12.6. The Balaban J connectivity index is 2.21. The average molecular weight is 925 g/mol. The molecule has 0 radical (unpaired) electrons. The zero-order valence-corrected chi connectivity index (χ0v) is 36.4. The molecule has 3 aliphatic heterocycles. The lowest BCUT2D eigenvalue weighted by atomic mass is 9.95. The highest BCUT2D eigenvalue weighted by atomic mass is 16.8. The van der Waals surface area contributed by atoms with Crippen molar-refractivity contribution in [2.45, 2.75) is 161 Å². The Labute approximate surface area is 364 Å². The van der Waals surface area contributed by atoms with Crippen LogP contribution >= 0.6 is 0 Å². The van der Waals surface area contributed by atoms with Crippen LogP contribution in [0.4, 0.5) is 0 Å². The molecular formula is C38H52O26. The maximum absolute atomic E-state index is 12.6. The first-order valence-electron chi connectivity index (χ1n) is 19.4. The van der Waals surface area contributed by atoms with Gasteiger partial charge in [0.2, 0.25) is 0 Å². The number of hydrogen-bond donors (Lipinski definition) is 1. The third-order valence-corrected chi connectivity index (χ3v) is 8.83. The van der Waals surface area contributed by atoms with Crippen molar-refractivity contribution >= 4 is 59.7 Å². The van der Waals surface area contributed by atoms with E-state index >= 15 is 0 Å². The Kier molecular flexibility index (Phi) is 19.8. The lowest BCUT2D eigenvalue weighted by molar-refractivity contribution is -0.364. The molecule has 64 heavy (non-hydrogen) atoms. The topological polar surface area (TPSA) is 329 Å². The van der Waals surface area contributed by atoms with Gasteiger partial charge in [0, 0.05) is 69.2 Å². The minimum absolute atomic E-state index is 0.635. The summed E-state index contributed by atoms with van der Waals surface area (Å²) < 4.78 is 83.8. The van der Waals surface area contributed by atoms with Crippen molar-refractivity contribution in [1.82, 2.24) is 0 Å². The van der Waals surface area contributed by atoms with E-state index in [1.165, 1.54) is 0 Å². The van der Waals surface area contributed by atoms with Gasteiger partial charge in [-0.2, -0.15) is 0 Å². The largest absolute Gasteiger partial charge is 0.463 e. The van der Waals surface area contributed by atoms with E-state index in [1.54, 1.807) is 0 Å². The average Bonchev–Trinajstić information content (AvgIpc) is 3.14. The Morgan fingerprint density at radius 1 is 0.344 bits per heavy atom. The quantitative estimate of drug-likeness (QED) is 0.123. The second-order valence-corrected chi connectivity index (χ2v) is 14.3. The van der Waals surface area contributed by atoms with Crippen LogP contribution in [0.5, 0.6) is 0 Å². The summed E-state index contributed by atoms with van der Waals surface area (Å²) in [5.41, 5.74) is 0. The van der Waals surface area contributed by atoms with Crippen LogP contribution in [0.1, 0.15) is 69.2 Å². The van der Waals surface area contributed by atoms with Crippen molar-refractivity contribution in [1.29, 1.82) is 0 Å². The molecule has 0 spiro atoms. The molecule has 0 aromatic rings. The minimum Gasteiger partial charge on any atom is -0.463 e. The molecule has 3 saturated heterocycles. The van der Waals surface area contributed by atoms with E-state index in [-0.39, 0.29) is 0 Å². The molecule has 0 saturated carbocycles. The SMILES string of the molecule is CC(=O)OC[C@H]1O[C@@H](OC[C@H]2O[C@H](O)[C@H](OC(C)=O)[C@@H](OC(C)=O)[C@@H]2O[C@@H]2O[C@H](COC(C)=O)[C@@H](OC(C)=O)[C@H](OC(C)=O)[C@H]2OC(C)=O)[C@H](OC(C)=O)[C@@H](OC(C)=O)[C@@H]1OC(C)=O. The van der Waals surface area contributed by atoms with E-state index in [2.05, 4.69) is 0 Å². The molecule has 360 valence electrons. The van der Waals surface area contributed by atoms with Gasteiger partial charge in [-0.05, 0) is 0 Å². The molecule has 3 fully saturated rings. The fourth-order valence-corrected chi connectivity index (χ4v) is 6.80. The molecule has 0 unspecified atom stereocenters. The molecule has 0 bridgehead atoms. The van der Waals surface area contributed by atoms with Crippen molar-refractivity contribution in [2.24, 2.45) is 0 Å². The van der Waals surface area contributed by atoms with Gasteiger partial charge in [0.1, 0.15) is 37.6 Å². The molecule has 3 aliphatic rings. The zero-order chi connectivity index (χ0) is 48.2. The van der Waals surface area contributed by atoms with Gasteiger partial charge >= 0.3 is 59.7 Å². The van der Waals surface area contributed by atoms with Crippen LogP contribution in [0.25, 0.3) is 0 Å². The van der Waals surface area contributed by atoms with Crippen molar-refractivity contribution in [3.63, 3.8) is 0 Å². The van der Waals surface area contributed by atoms with Gasteiger partial charge < -0.3 is 76.2 Å². The number of hydrogen-bond acceptors (Lipinski definition) is 26. The van der Waals surface area contributed by atoms with Crippen LogP contribution in [-0.4, -0.2) is 177 Å². The van der Waals surface area contributed by atoms with Crippen molar-refractivity contribution < 1.29 is 124 Å².